The van der Waals surface area contributed by atoms with Gasteiger partial charge in [0.05, 0.1) is 0 Å². The second kappa shape index (κ2) is 4.18. The van der Waals surface area contributed by atoms with Gasteiger partial charge in [0.15, 0.2) is 0 Å². The van der Waals surface area contributed by atoms with Crippen LogP contribution in [-0.2, 0) is 0 Å². The Morgan fingerprint density at radius 3 is 2.29 bits per heavy atom. The van der Waals surface area contributed by atoms with E-state index in [1.165, 1.54) is 37.0 Å². The van der Waals surface area contributed by atoms with Gasteiger partial charge in [-0.3, -0.25) is 0 Å². The lowest BCUT2D eigenvalue weighted by Gasteiger charge is -2.29. The number of benzene rings is 1. The standard InChI is InChI=1S/C12H18BN/c1-14-8-6-11(7-9-14)10-2-4-12(13)5-3-10/h2-5,11H,6-9,13H2,1H3. The van der Waals surface area contributed by atoms with E-state index in [2.05, 4.69) is 44.1 Å². The minimum atomic E-state index is 0.798. The number of hydrogen-bond acceptors (Lipinski definition) is 1. The molecule has 1 heterocycles. The van der Waals surface area contributed by atoms with Crippen LogP contribution >= 0.6 is 0 Å². The summed E-state index contributed by atoms with van der Waals surface area (Å²) < 4.78 is 0. The van der Waals surface area contributed by atoms with Crippen LogP contribution in [-0.4, -0.2) is 32.9 Å². The highest BCUT2D eigenvalue weighted by Gasteiger charge is 2.17. The van der Waals surface area contributed by atoms with Crippen molar-refractivity contribution >= 4 is 13.3 Å². The van der Waals surface area contributed by atoms with Crippen LogP contribution in [0.25, 0.3) is 0 Å². The highest BCUT2D eigenvalue weighted by molar-refractivity contribution is 6.32. The topological polar surface area (TPSA) is 3.24 Å². The molecule has 0 saturated carbocycles. The van der Waals surface area contributed by atoms with Crippen LogP contribution in [0.4, 0.5) is 0 Å². The number of hydrogen-bond donors (Lipinski definition) is 0. The molecule has 0 aliphatic carbocycles. The van der Waals surface area contributed by atoms with Gasteiger partial charge in [0.1, 0.15) is 7.85 Å². The molecule has 1 nitrogen and oxygen atoms in total. The zero-order chi connectivity index (χ0) is 9.97. The lowest BCUT2D eigenvalue weighted by molar-refractivity contribution is 0.255. The zero-order valence-electron chi connectivity index (χ0n) is 9.16. The average Bonchev–Trinajstić information content (AvgIpc) is 2.21. The number of likely N-dealkylation sites (tertiary alicyclic amines) is 1. The first-order valence-corrected chi connectivity index (χ1v) is 5.51. The van der Waals surface area contributed by atoms with Crippen molar-refractivity contribution in [3.63, 3.8) is 0 Å². The Labute approximate surface area is 87.5 Å². The van der Waals surface area contributed by atoms with Crippen LogP contribution in [0.5, 0.6) is 0 Å². The van der Waals surface area contributed by atoms with Crippen LogP contribution in [0.15, 0.2) is 24.3 Å². The van der Waals surface area contributed by atoms with Crippen LogP contribution in [0.2, 0.25) is 0 Å². The molecule has 1 aromatic rings. The third kappa shape index (κ3) is 2.18. The van der Waals surface area contributed by atoms with Crippen molar-refractivity contribution in [1.29, 1.82) is 0 Å². The van der Waals surface area contributed by atoms with E-state index >= 15 is 0 Å². The molecule has 0 amide bonds. The summed E-state index contributed by atoms with van der Waals surface area (Å²) in [7, 11) is 4.36. The summed E-state index contributed by atoms with van der Waals surface area (Å²) in [6.07, 6.45) is 2.64. The predicted molar refractivity (Wildman–Crippen MR) is 64.1 cm³/mol. The van der Waals surface area contributed by atoms with Gasteiger partial charge >= 0.3 is 0 Å². The maximum absolute atomic E-state index is 2.42. The molecule has 2 rings (SSSR count). The molecule has 0 atom stereocenters. The second-order valence-corrected chi connectivity index (χ2v) is 4.49. The van der Waals surface area contributed by atoms with Crippen molar-refractivity contribution in [1.82, 2.24) is 4.90 Å². The first-order valence-electron chi connectivity index (χ1n) is 5.51. The minimum absolute atomic E-state index is 0.798. The monoisotopic (exact) mass is 187 g/mol. The average molecular weight is 187 g/mol. The van der Waals surface area contributed by atoms with Crippen LogP contribution in [0, 0.1) is 0 Å². The zero-order valence-corrected chi connectivity index (χ0v) is 9.16. The van der Waals surface area contributed by atoms with Gasteiger partial charge in [0.2, 0.25) is 0 Å². The van der Waals surface area contributed by atoms with Crippen LogP contribution in [0.1, 0.15) is 24.3 Å². The molecule has 2 heteroatoms. The third-order valence-corrected chi connectivity index (χ3v) is 3.27. The van der Waals surface area contributed by atoms with E-state index in [-0.39, 0.29) is 0 Å². The molecule has 1 aromatic carbocycles. The maximum Gasteiger partial charge on any atom is 0.139 e. The smallest absolute Gasteiger partial charge is 0.139 e. The second-order valence-electron chi connectivity index (χ2n) is 4.49. The predicted octanol–water partition coefficient (Wildman–Crippen LogP) is 0.754. The van der Waals surface area contributed by atoms with Crippen molar-refractivity contribution in [2.75, 3.05) is 20.1 Å². The fraction of sp³-hybridized carbons (Fsp3) is 0.500. The van der Waals surface area contributed by atoms with Crippen LogP contribution in [0.3, 0.4) is 0 Å². The molecular formula is C12H18BN. The van der Waals surface area contributed by atoms with Crippen molar-refractivity contribution < 1.29 is 0 Å². The van der Waals surface area contributed by atoms with E-state index in [0.29, 0.717) is 0 Å². The molecule has 0 radical (unpaired) electrons. The summed E-state index contributed by atoms with van der Waals surface area (Å²) in [5.74, 6) is 0.798. The summed E-state index contributed by atoms with van der Waals surface area (Å²) in [5, 5.41) is 0. The highest BCUT2D eigenvalue weighted by Crippen LogP contribution is 2.26. The molecule has 14 heavy (non-hydrogen) atoms. The molecule has 0 aromatic heterocycles. The van der Waals surface area contributed by atoms with E-state index in [9.17, 15) is 0 Å². The van der Waals surface area contributed by atoms with Gasteiger partial charge in [0.25, 0.3) is 0 Å². The molecule has 0 unspecified atom stereocenters. The largest absolute Gasteiger partial charge is 0.306 e. The summed E-state index contributed by atoms with van der Waals surface area (Å²) in [6, 6.07) is 9.05. The van der Waals surface area contributed by atoms with Gasteiger partial charge in [-0.25, -0.2) is 0 Å². The lowest BCUT2D eigenvalue weighted by Crippen LogP contribution is -2.29. The van der Waals surface area contributed by atoms with Crippen LogP contribution < -0.4 is 5.46 Å². The Bertz CT molecular complexity index is 286. The molecule has 1 aliphatic heterocycles. The van der Waals surface area contributed by atoms with Gasteiger partial charge < -0.3 is 4.90 Å². The summed E-state index contributed by atoms with van der Waals surface area (Å²) >= 11 is 0. The number of piperidine rings is 1. The van der Waals surface area contributed by atoms with Crippen molar-refractivity contribution in [2.24, 2.45) is 0 Å². The Morgan fingerprint density at radius 1 is 1.14 bits per heavy atom. The molecule has 74 valence electrons. The van der Waals surface area contributed by atoms with E-state index in [0.717, 1.165) is 5.92 Å². The Hall–Kier alpha value is -0.755. The number of rotatable bonds is 1. The first-order chi connectivity index (χ1) is 6.75. The lowest BCUT2D eigenvalue weighted by atomic mass is 9.87. The van der Waals surface area contributed by atoms with Gasteiger partial charge in [-0.15, -0.1) is 0 Å². The molecule has 1 saturated heterocycles. The Morgan fingerprint density at radius 2 is 1.71 bits per heavy atom. The third-order valence-electron chi connectivity index (χ3n) is 3.27. The number of nitrogens with zero attached hydrogens (tertiary/aromatic N) is 1. The maximum atomic E-state index is 2.42. The summed E-state index contributed by atoms with van der Waals surface area (Å²) in [4.78, 5) is 2.42. The summed E-state index contributed by atoms with van der Waals surface area (Å²) in [6.45, 7) is 2.50. The minimum Gasteiger partial charge on any atom is -0.306 e. The molecule has 0 bridgehead atoms. The molecule has 0 N–H and O–H groups in total. The SMILES string of the molecule is Bc1ccc(C2CCN(C)CC2)cc1. The van der Waals surface area contributed by atoms with E-state index in [1.807, 2.05) is 0 Å². The first kappa shape index (κ1) is 9.79. The Balaban J connectivity index is 2.05. The van der Waals surface area contributed by atoms with Crippen molar-refractivity contribution in [3.05, 3.63) is 29.8 Å². The molecular weight excluding hydrogens is 169 g/mol. The van der Waals surface area contributed by atoms with Gasteiger partial charge in [-0.05, 0) is 44.5 Å². The van der Waals surface area contributed by atoms with Crippen molar-refractivity contribution in [3.8, 4) is 0 Å². The van der Waals surface area contributed by atoms with Gasteiger partial charge in [0, 0.05) is 0 Å². The summed E-state index contributed by atoms with van der Waals surface area (Å²) in [5.41, 5.74) is 2.89. The fourth-order valence-electron chi connectivity index (χ4n) is 2.18. The van der Waals surface area contributed by atoms with Gasteiger partial charge in [-0.2, -0.15) is 0 Å². The van der Waals surface area contributed by atoms with E-state index < -0.39 is 0 Å². The van der Waals surface area contributed by atoms with E-state index in [1.54, 1.807) is 0 Å². The quantitative estimate of drug-likeness (QED) is 0.586. The highest BCUT2D eigenvalue weighted by atomic mass is 15.1. The fourth-order valence-corrected chi connectivity index (χ4v) is 2.18. The molecule has 1 aliphatic rings. The normalized spacial score (nSPS) is 19.8. The molecule has 0 spiro atoms. The molecule has 1 fully saturated rings. The van der Waals surface area contributed by atoms with E-state index in [4.69, 9.17) is 0 Å². The van der Waals surface area contributed by atoms with Crippen molar-refractivity contribution in [2.45, 2.75) is 18.8 Å². The Kier molecular flexibility index (Phi) is 2.92. The van der Waals surface area contributed by atoms with Gasteiger partial charge in [-0.1, -0.05) is 29.7 Å².